The molecule has 144 valence electrons. The number of ether oxygens (including phenoxy) is 3. The summed E-state index contributed by atoms with van der Waals surface area (Å²) >= 11 is 0. The molecule has 0 aliphatic rings. The Kier molecular flexibility index (Phi) is 6.87. The first-order valence-electron chi connectivity index (χ1n) is 8.25. The van der Waals surface area contributed by atoms with E-state index in [0.717, 1.165) is 6.07 Å². The number of hydrogen-bond donors (Lipinski definition) is 0. The fourth-order valence-electron chi connectivity index (χ4n) is 2.16. The molecule has 1 atom stereocenters. The summed E-state index contributed by atoms with van der Waals surface area (Å²) in [5.74, 6) is -0.00864. The zero-order valence-electron chi connectivity index (χ0n) is 14.8. The minimum absolute atomic E-state index is 0.244. The maximum atomic E-state index is 13.0. The second-order valence-corrected chi connectivity index (χ2v) is 5.50. The van der Waals surface area contributed by atoms with Gasteiger partial charge in [0.15, 0.2) is 0 Å². The minimum atomic E-state index is -4.50. The van der Waals surface area contributed by atoms with Gasteiger partial charge in [-0.1, -0.05) is 12.1 Å². The lowest BCUT2D eigenvalue weighted by atomic mass is 10.2. The van der Waals surface area contributed by atoms with E-state index in [9.17, 15) is 18.0 Å². The Labute approximate surface area is 155 Å². The molecule has 0 saturated heterocycles. The fraction of sp³-hybridized carbons (Fsp3) is 0.250. The molecule has 0 aromatic heterocycles. The molecule has 1 unspecified atom stereocenters. The second kappa shape index (κ2) is 9.12. The van der Waals surface area contributed by atoms with E-state index in [2.05, 4.69) is 0 Å². The number of carbonyl (C=O) groups is 1. The number of para-hydroxylation sites is 1. The summed E-state index contributed by atoms with van der Waals surface area (Å²) in [6.45, 7) is 3.74. The maximum absolute atomic E-state index is 13.0. The monoisotopic (exact) mass is 380 g/mol. The summed E-state index contributed by atoms with van der Waals surface area (Å²) in [7, 11) is 0. The van der Waals surface area contributed by atoms with E-state index in [1.165, 1.54) is 36.4 Å². The van der Waals surface area contributed by atoms with Gasteiger partial charge in [0.05, 0.1) is 12.2 Å². The molecular formula is C20H19F3O4. The van der Waals surface area contributed by atoms with Crippen molar-refractivity contribution in [2.45, 2.75) is 26.1 Å². The Bertz CT molecular complexity index is 783. The van der Waals surface area contributed by atoms with Gasteiger partial charge in [-0.15, -0.1) is 0 Å². The number of carbonyl (C=O) groups excluding carboxylic acids is 1. The van der Waals surface area contributed by atoms with Crippen LogP contribution in [0, 0.1) is 0 Å². The van der Waals surface area contributed by atoms with E-state index in [0.29, 0.717) is 5.75 Å². The van der Waals surface area contributed by atoms with Gasteiger partial charge in [-0.05, 0) is 56.3 Å². The topological polar surface area (TPSA) is 44.8 Å². The largest absolute Gasteiger partial charge is 0.487 e. The van der Waals surface area contributed by atoms with E-state index in [4.69, 9.17) is 14.2 Å². The van der Waals surface area contributed by atoms with Gasteiger partial charge in [-0.25, -0.2) is 4.79 Å². The number of halogens is 3. The third kappa shape index (κ3) is 6.36. The highest BCUT2D eigenvalue weighted by atomic mass is 19.4. The second-order valence-electron chi connectivity index (χ2n) is 5.50. The molecule has 0 aliphatic carbocycles. The predicted octanol–water partition coefficient (Wildman–Crippen LogP) is 5.38. The van der Waals surface area contributed by atoms with E-state index in [-0.39, 0.29) is 18.1 Å². The quantitative estimate of drug-likeness (QED) is 0.478. The number of rotatable bonds is 7. The van der Waals surface area contributed by atoms with Crippen molar-refractivity contribution in [3.63, 3.8) is 0 Å². The first-order chi connectivity index (χ1) is 12.8. The SMILES string of the molecule is CCOC(=O)/C=C/C(C)Oc1ccc(Oc2ccccc2C(F)(F)F)cc1. The molecule has 0 bridgehead atoms. The van der Waals surface area contributed by atoms with Gasteiger partial charge >= 0.3 is 12.1 Å². The molecule has 0 amide bonds. The molecule has 4 nitrogen and oxygen atoms in total. The van der Waals surface area contributed by atoms with E-state index < -0.39 is 23.8 Å². The van der Waals surface area contributed by atoms with Crippen LogP contribution >= 0.6 is 0 Å². The molecule has 0 saturated carbocycles. The zero-order chi connectivity index (χ0) is 19.9. The van der Waals surface area contributed by atoms with Gasteiger partial charge in [-0.2, -0.15) is 13.2 Å². The highest BCUT2D eigenvalue weighted by Crippen LogP contribution is 2.38. The normalized spacial score (nSPS) is 12.6. The summed E-state index contributed by atoms with van der Waals surface area (Å²) in [5.41, 5.74) is -0.844. The van der Waals surface area contributed by atoms with Gasteiger partial charge in [-0.3, -0.25) is 0 Å². The lowest BCUT2D eigenvalue weighted by Gasteiger charge is -2.14. The Morgan fingerprint density at radius 1 is 1.07 bits per heavy atom. The lowest BCUT2D eigenvalue weighted by molar-refractivity contribution is -0.139. The molecule has 0 heterocycles. The highest BCUT2D eigenvalue weighted by Gasteiger charge is 2.34. The van der Waals surface area contributed by atoms with Gasteiger partial charge in [0, 0.05) is 6.08 Å². The number of alkyl halides is 3. The van der Waals surface area contributed by atoms with Crippen LogP contribution in [0.4, 0.5) is 13.2 Å². The predicted molar refractivity (Wildman–Crippen MR) is 93.8 cm³/mol. The summed E-state index contributed by atoms with van der Waals surface area (Å²) in [6.07, 6.45) is -2.07. The van der Waals surface area contributed by atoms with Crippen molar-refractivity contribution in [1.82, 2.24) is 0 Å². The first kappa shape index (κ1) is 20.4. The number of esters is 1. The first-order valence-corrected chi connectivity index (χ1v) is 8.25. The number of hydrogen-bond acceptors (Lipinski definition) is 4. The summed E-state index contributed by atoms with van der Waals surface area (Å²) < 4.78 is 54.7. The van der Waals surface area contributed by atoms with Crippen molar-refractivity contribution in [2.24, 2.45) is 0 Å². The smallest absolute Gasteiger partial charge is 0.419 e. The Morgan fingerprint density at radius 2 is 1.70 bits per heavy atom. The Hall–Kier alpha value is -2.96. The molecule has 0 N–H and O–H groups in total. The standard InChI is InChI=1S/C20H19F3O4/c1-3-25-19(24)13-8-14(2)26-15-9-11-16(12-10-15)27-18-7-5-4-6-17(18)20(21,22)23/h4-14H,3H2,1-2H3/b13-8+. The molecule has 2 aromatic carbocycles. The van der Waals surface area contributed by atoms with Crippen molar-refractivity contribution in [2.75, 3.05) is 6.61 Å². The van der Waals surface area contributed by atoms with Gasteiger partial charge in [0.25, 0.3) is 0 Å². The molecule has 0 fully saturated rings. The van der Waals surface area contributed by atoms with Crippen molar-refractivity contribution in [3.05, 3.63) is 66.2 Å². The third-order valence-electron chi connectivity index (χ3n) is 3.36. The van der Waals surface area contributed by atoms with Crippen molar-refractivity contribution >= 4 is 5.97 Å². The van der Waals surface area contributed by atoms with Crippen LogP contribution in [0.1, 0.15) is 19.4 Å². The third-order valence-corrected chi connectivity index (χ3v) is 3.36. The van der Waals surface area contributed by atoms with Crippen LogP contribution in [0.2, 0.25) is 0 Å². The summed E-state index contributed by atoms with van der Waals surface area (Å²) in [5, 5.41) is 0. The van der Waals surface area contributed by atoms with Gasteiger partial charge in [0.1, 0.15) is 23.4 Å². The Balaban J connectivity index is 2.01. The van der Waals surface area contributed by atoms with Crippen LogP contribution in [-0.4, -0.2) is 18.7 Å². The fourth-order valence-corrected chi connectivity index (χ4v) is 2.16. The van der Waals surface area contributed by atoms with Gasteiger partial charge < -0.3 is 14.2 Å². The summed E-state index contributed by atoms with van der Waals surface area (Å²) in [4.78, 5) is 11.3. The zero-order valence-corrected chi connectivity index (χ0v) is 14.8. The van der Waals surface area contributed by atoms with Crippen molar-refractivity contribution < 1.29 is 32.2 Å². The molecule has 7 heteroatoms. The van der Waals surface area contributed by atoms with Crippen molar-refractivity contribution in [3.8, 4) is 17.2 Å². The van der Waals surface area contributed by atoms with E-state index in [1.54, 1.807) is 32.1 Å². The van der Waals surface area contributed by atoms with E-state index in [1.807, 2.05) is 0 Å². The molecule has 0 spiro atoms. The van der Waals surface area contributed by atoms with Gasteiger partial charge in [0.2, 0.25) is 0 Å². The highest BCUT2D eigenvalue weighted by molar-refractivity contribution is 5.81. The minimum Gasteiger partial charge on any atom is -0.487 e. The van der Waals surface area contributed by atoms with Crippen molar-refractivity contribution in [1.29, 1.82) is 0 Å². The van der Waals surface area contributed by atoms with Crippen LogP contribution in [-0.2, 0) is 15.7 Å². The molecule has 27 heavy (non-hydrogen) atoms. The van der Waals surface area contributed by atoms with Crippen LogP contribution in [0.3, 0.4) is 0 Å². The average Bonchev–Trinajstić information content (AvgIpc) is 2.61. The molecular weight excluding hydrogens is 361 g/mol. The average molecular weight is 380 g/mol. The summed E-state index contributed by atoms with van der Waals surface area (Å²) in [6, 6.07) is 11.1. The van der Waals surface area contributed by atoms with E-state index >= 15 is 0 Å². The molecule has 2 aromatic rings. The number of benzene rings is 2. The molecule has 2 rings (SSSR count). The van der Waals surface area contributed by atoms with Crippen LogP contribution in [0.15, 0.2) is 60.7 Å². The Morgan fingerprint density at radius 3 is 2.33 bits per heavy atom. The lowest BCUT2D eigenvalue weighted by Crippen LogP contribution is -2.09. The molecule has 0 radical (unpaired) electrons. The maximum Gasteiger partial charge on any atom is 0.419 e. The van der Waals surface area contributed by atoms with Crippen LogP contribution in [0.25, 0.3) is 0 Å². The molecule has 0 aliphatic heterocycles. The van der Waals surface area contributed by atoms with Crippen LogP contribution < -0.4 is 9.47 Å². The van der Waals surface area contributed by atoms with Crippen LogP contribution in [0.5, 0.6) is 17.2 Å².